The summed E-state index contributed by atoms with van der Waals surface area (Å²) in [6.07, 6.45) is 2.93. The topological polar surface area (TPSA) is 75.0 Å². The summed E-state index contributed by atoms with van der Waals surface area (Å²) >= 11 is 0. The summed E-state index contributed by atoms with van der Waals surface area (Å²) in [5.74, 6) is 0.927. The average molecular weight is 377 g/mol. The van der Waals surface area contributed by atoms with Gasteiger partial charge in [0, 0.05) is 45.2 Å². The Kier molecular flexibility index (Phi) is 6.90. The fourth-order valence-corrected chi connectivity index (χ4v) is 3.85. The second-order valence-electron chi connectivity index (χ2n) is 7.94. The molecule has 1 aromatic heterocycles. The molecule has 0 radical (unpaired) electrons. The standard InChI is InChI=1S/C20H31N3O4/c1-15(2)13-22-9-11-26-17(14-22)12-21-19(24)16-5-7-23(8-6-16)20(25)18-4-3-10-27-18/h3-4,10,15-17H,5-9,11-14H2,1-2H3,(H,21,24). The molecule has 2 amide bonds. The van der Waals surface area contributed by atoms with Gasteiger partial charge in [-0.15, -0.1) is 0 Å². The highest BCUT2D eigenvalue weighted by molar-refractivity contribution is 5.91. The summed E-state index contributed by atoms with van der Waals surface area (Å²) in [6, 6.07) is 3.39. The lowest BCUT2D eigenvalue weighted by Gasteiger charge is -2.34. The third-order valence-corrected chi connectivity index (χ3v) is 5.24. The van der Waals surface area contributed by atoms with Crippen LogP contribution in [0, 0.1) is 11.8 Å². The Morgan fingerprint density at radius 3 is 2.70 bits per heavy atom. The molecule has 1 atom stereocenters. The Balaban J connectivity index is 1.39. The minimum Gasteiger partial charge on any atom is -0.459 e. The van der Waals surface area contributed by atoms with Crippen molar-refractivity contribution in [1.82, 2.24) is 15.1 Å². The number of piperidine rings is 1. The van der Waals surface area contributed by atoms with E-state index in [0.717, 1.165) is 26.2 Å². The van der Waals surface area contributed by atoms with Crippen LogP contribution in [0.1, 0.15) is 37.2 Å². The highest BCUT2D eigenvalue weighted by atomic mass is 16.5. The number of hydrogen-bond acceptors (Lipinski definition) is 5. The molecular formula is C20H31N3O4. The van der Waals surface area contributed by atoms with Crippen molar-refractivity contribution in [3.05, 3.63) is 24.2 Å². The molecule has 2 aliphatic rings. The first kappa shape index (κ1) is 19.9. The molecule has 27 heavy (non-hydrogen) atoms. The molecule has 0 spiro atoms. The lowest BCUT2D eigenvalue weighted by Crippen LogP contribution is -2.50. The van der Waals surface area contributed by atoms with Gasteiger partial charge in [0.2, 0.25) is 5.91 Å². The Morgan fingerprint density at radius 1 is 1.26 bits per heavy atom. The fraction of sp³-hybridized carbons (Fsp3) is 0.700. The zero-order chi connectivity index (χ0) is 19.2. The molecule has 3 heterocycles. The highest BCUT2D eigenvalue weighted by Crippen LogP contribution is 2.19. The predicted molar refractivity (Wildman–Crippen MR) is 101 cm³/mol. The van der Waals surface area contributed by atoms with E-state index in [1.165, 1.54) is 6.26 Å². The number of rotatable bonds is 6. The monoisotopic (exact) mass is 377 g/mol. The van der Waals surface area contributed by atoms with Crippen LogP contribution < -0.4 is 5.32 Å². The molecule has 7 nitrogen and oxygen atoms in total. The van der Waals surface area contributed by atoms with Crippen molar-refractivity contribution in [3.63, 3.8) is 0 Å². The normalized spacial score (nSPS) is 22.2. The fourth-order valence-electron chi connectivity index (χ4n) is 3.85. The van der Waals surface area contributed by atoms with Crippen LogP contribution in [0.15, 0.2) is 22.8 Å². The van der Waals surface area contributed by atoms with Crippen molar-refractivity contribution in [2.45, 2.75) is 32.8 Å². The van der Waals surface area contributed by atoms with Crippen LogP contribution in [0.2, 0.25) is 0 Å². The number of hydrogen-bond donors (Lipinski definition) is 1. The number of carbonyl (C=O) groups is 2. The molecular weight excluding hydrogens is 346 g/mol. The lowest BCUT2D eigenvalue weighted by atomic mass is 9.95. The molecule has 0 bridgehead atoms. The first-order chi connectivity index (χ1) is 13.0. The predicted octanol–water partition coefficient (Wildman–Crippen LogP) is 1.60. The Hall–Kier alpha value is -1.86. The van der Waals surface area contributed by atoms with Gasteiger partial charge in [0.25, 0.3) is 5.91 Å². The largest absolute Gasteiger partial charge is 0.459 e. The van der Waals surface area contributed by atoms with Crippen LogP contribution in [-0.2, 0) is 9.53 Å². The van der Waals surface area contributed by atoms with E-state index >= 15 is 0 Å². The number of nitrogens with one attached hydrogen (secondary N) is 1. The van der Waals surface area contributed by atoms with E-state index in [9.17, 15) is 9.59 Å². The number of nitrogens with zero attached hydrogens (tertiary/aromatic N) is 2. The molecule has 7 heteroatoms. The molecule has 150 valence electrons. The van der Waals surface area contributed by atoms with E-state index in [1.807, 2.05) is 0 Å². The van der Waals surface area contributed by atoms with Gasteiger partial charge in [-0.2, -0.15) is 0 Å². The highest BCUT2D eigenvalue weighted by Gasteiger charge is 2.29. The Bertz CT molecular complexity index is 609. The van der Waals surface area contributed by atoms with E-state index in [4.69, 9.17) is 9.15 Å². The summed E-state index contributed by atoms with van der Waals surface area (Å²) in [4.78, 5) is 29.0. The number of likely N-dealkylation sites (tertiary alicyclic amines) is 1. The quantitative estimate of drug-likeness (QED) is 0.815. The number of morpholine rings is 1. The molecule has 2 saturated heterocycles. The van der Waals surface area contributed by atoms with Gasteiger partial charge >= 0.3 is 0 Å². The van der Waals surface area contributed by atoms with E-state index in [2.05, 4.69) is 24.1 Å². The maximum absolute atomic E-state index is 12.5. The maximum Gasteiger partial charge on any atom is 0.289 e. The molecule has 0 aliphatic carbocycles. The van der Waals surface area contributed by atoms with E-state index in [1.54, 1.807) is 17.0 Å². The van der Waals surface area contributed by atoms with Gasteiger partial charge in [-0.1, -0.05) is 13.8 Å². The summed E-state index contributed by atoms with van der Waals surface area (Å²) < 4.78 is 11.0. The van der Waals surface area contributed by atoms with E-state index in [0.29, 0.717) is 44.2 Å². The van der Waals surface area contributed by atoms with Crippen LogP contribution in [0.5, 0.6) is 0 Å². The van der Waals surface area contributed by atoms with Gasteiger partial charge in [-0.25, -0.2) is 0 Å². The van der Waals surface area contributed by atoms with Crippen molar-refractivity contribution in [2.75, 3.05) is 45.9 Å². The zero-order valence-electron chi connectivity index (χ0n) is 16.4. The van der Waals surface area contributed by atoms with Crippen LogP contribution in [0.4, 0.5) is 0 Å². The van der Waals surface area contributed by atoms with Crippen molar-refractivity contribution in [3.8, 4) is 0 Å². The molecule has 1 aromatic rings. The lowest BCUT2D eigenvalue weighted by molar-refractivity contribution is -0.127. The number of ether oxygens (including phenoxy) is 1. The minimum atomic E-state index is -0.0975. The second-order valence-corrected chi connectivity index (χ2v) is 7.94. The third kappa shape index (κ3) is 5.56. The van der Waals surface area contributed by atoms with E-state index < -0.39 is 0 Å². The maximum atomic E-state index is 12.5. The van der Waals surface area contributed by atoms with Gasteiger partial charge in [0.05, 0.1) is 19.0 Å². The third-order valence-electron chi connectivity index (χ3n) is 5.24. The van der Waals surface area contributed by atoms with Crippen molar-refractivity contribution in [2.24, 2.45) is 11.8 Å². The van der Waals surface area contributed by atoms with Crippen LogP contribution in [0.25, 0.3) is 0 Å². The first-order valence-corrected chi connectivity index (χ1v) is 9.97. The van der Waals surface area contributed by atoms with E-state index in [-0.39, 0.29) is 23.8 Å². The summed E-state index contributed by atoms with van der Waals surface area (Å²) in [5.41, 5.74) is 0. The Labute approximate surface area is 161 Å². The van der Waals surface area contributed by atoms with Crippen LogP contribution in [0.3, 0.4) is 0 Å². The van der Waals surface area contributed by atoms with Crippen molar-refractivity contribution in [1.29, 1.82) is 0 Å². The summed E-state index contributed by atoms with van der Waals surface area (Å²) in [5, 5.41) is 3.06. The van der Waals surface area contributed by atoms with Crippen molar-refractivity contribution < 1.29 is 18.7 Å². The Morgan fingerprint density at radius 2 is 2.04 bits per heavy atom. The number of furan rings is 1. The van der Waals surface area contributed by atoms with Gasteiger partial charge in [0.15, 0.2) is 5.76 Å². The number of amides is 2. The molecule has 0 saturated carbocycles. The smallest absolute Gasteiger partial charge is 0.289 e. The zero-order valence-corrected chi connectivity index (χ0v) is 16.4. The molecule has 1 N–H and O–H groups in total. The van der Waals surface area contributed by atoms with Crippen LogP contribution >= 0.6 is 0 Å². The molecule has 3 rings (SSSR count). The van der Waals surface area contributed by atoms with Crippen molar-refractivity contribution >= 4 is 11.8 Å². The molecule has 1 unspecified atom stereocenters. The molecule has 2 aliphatic heterocycles. The number of carbonyl (C=O) groups excluding carboxylic acids is 2. The molecule has 0 aromatic carbocycles. The first-order valence-electron chi connectivity index (χ1n) is 9.97. The average Bonchev–Trinajstić information content (AvgIpc) is 3.20. The van der Waals surface area contributed by atoms with Crippen LogP contribution in [-0.4, -0.2) is 73.6 Å². The van der Waals surface area contributed by atoms with Gasteiger partial charge in [-0.3, -0.25) is 14.5 Å². The second kappa shape index (κ2) is 9.37. The van der Waals surface area contributed by atoms with Gasteiger partial charge < -0.3 is 19.4 Å². The summed E-state index contributed by atoms with van der Waals surface area (Å²) in [6.45, 7) is 9.78. The SMILES string of the molecule is CC(C)CN1CCOC(CNC(=O)C2CCN(C(=O)c3ccco3)CC2)C1. The van der Waals surface area contributed by atoms with Gasteiger partial charge in [-0.05, 0) is 30.9 Å². The minimum absolute atomic E-state index is 0.0407. The summed E-state index contributed by atoms with van der Waals surface area (Å²) in [7, 11) is 0. The molecule has 2 fully saturated rings. The van der Waals surface area contributed by atoms with Gasteiger partial charge in [0.1, 0.15) is 0 Å².